The van der Waals surface area contributed by atoms with Gasteiger partial charge in [0, 0.05) is 22.6 Å². The molecule has 150 valence electrons. The van der Waals surface area contributed by atoms with Crippen LogP contribution in [0.1, 0.15) is 27.3 Å². The minimum absolute atomic E-state index is 0.0401. The molecule has 29 heavy (non-hydrogen) atoms. The van der Waals surface area contributed by atoms with Crippen molar-refractivity contribution < 1.29 is 23.9 Å². The summed E-state index contributed by atoms with van der Waals surface area (Å²) >= 11 is 0. The Kier molecular flexibility index (Phi) is 5.82. The molecule has 0 radical (unpaired) electrons. The molecule has 3 aromatic rings. The third kappa shape index (κ3) is 4.54. The number of aromatic nitrogens is 4. The summed E-state index contributed by atoms with van der Waals surface area (Å²) in [7, 11) is 1.29. The molecule has 0 atom stereocenters. The number of rotatable bonds is 6. The number of aryl methyl sites for hydroxylation is 2. The molecule has 0 aliphatic carbocycles. The Morgan fingerprint density at radius 3 is 2.55 bits per heavy atom. The van der Waals surface area contributed by atoms with Crippen LogP contribution in [0.5, 0.6) is 0 Å². The fraction of sp³-hybridized carbons (Fsp3) is 0.263. The summed E-state index contributed by atoms with van der Waals surface area (Å²) in [6.45, 7) is 3.15. The summed E-state index contributed by atoms with van der Waals surface area (Å²) in [5, 5.41) is 6.65. The van der Waals surface area contributed by atoms with Crippen LogP contribution in [0.4, 0.5) is 5.69 Å². The molecule has 10 heteroatoms. The van der Waals surface area contributed by atoms with Crippen molar-refractivity contribution in [1.82, 2.24) is 19.6 Å². The first-order valence-corrected chi connectivity index (χ1v) is 8.68. The molecular formula is C19H19N5O5. The second-order valence-electron chi connectivity index (χ2n) is 6.19. The second-order valence-corrected chi connectivity index (χ2v) is 6.19. The van der Waals surface area contributed by atoms with E-state index in [2.05, 4.69) is 25.1 Å². The molecule has 0 bridgehead atoms. The first-order valence-electron chi connectivity index (χ1n) is 8.68. The van der Waals surface area contributed by atoms with Gasteiger partial charge in [0.05, 0.1) is 19.1 Å². The number of nitrogens with one attached hydrogen (secondary N) is 1. The lowest BCUT2D eigenvalue weighted by Gasteiger charge is -2.10. The quantitative estimate of drug-likeness (QED) is 0.616. The van der Waals surface area contributed by atoms with Crippen molar-refractivity contribution in [2.45, 2.75) is 20.3 Å². The van der Waals surface area contributed by atoms with Gasteiger partial charge in [-0.1, -0.05) is 0 Å². The third-order valence-corrected chi connectivity index (χ3v) is 4.26. The average Bonchev–Trinajstić information content (AvgIpc) is 3.18. The molecule has 1 N–H and O–H groups in total. The number of esters is 2. The molecule has 1 aromatic carbocycles. The van der Waals surface area contributed by atoms with Crippen molar-refractivity contribution in [2.24, 2.45) is 0 Å². The van der Waals surface area contributed by atoms with E-state index in [1.54, 1.807) is 23.6 Å². The molecule has 0 saturated heterocycles. The van der Waals surface area contributed by atoms with Crippen molar-refractivity contribution in [2.75, 3.05) is 19.0 Å². The largest absolute Gasteiger partial charge is 0.465 e. The van der Waals surface area contributed by atoms with Gasteiger partial charge in [-0.2, -0.15) is 10.1 Å². The van der Waals surface area contributed by atoms with E-state index >= 15 is 0 Å². The lowest BCUT2D eigenvalue weighted by molar-refractivity contribution is -0.146. The van der Waals surface area contributed by atoms with Crippen LogP contribution < -0.4 is 5.32 Å². The van der Waals surface area contributed by atoms with Crippen molar-refractivity contribution in [3.8, 4) is 0 Å². The maximum absolute atomic E-state index is 12.2. The Bertz CT molecular complexity index is 1070. The molecule has 1 amide bonds. The number of hydrogen-bond donors (Lipinski definition) is 1. The number of fused-ring (bicyclic) bond motifs is 1. The van der Waals surface area contributed by atoms with Crippen LogP contribution in [0.25, 0.3) is 5.78 Å². The summed E-state index contributed by atoms with van der Waals surface area (Å²) in [4.78, 5) is 43.9. The van der Waals surface area contributed by atoms with E-state index in [1.165, 1.54) is 25.6 Å². The van der Waals surface area contributed by atoms with E-state index in [-0.39, 0.29) is 6.42 Å². The number of anilines is 1. The minimum Gasteiger partial charge on any atom is -0.465 e. The van der Waals surface area contributed by atoms with Crippen LogP contribution >= 0.6 is 0 Å². The van der Waals surface area contributed by atoms with Crippen LogP contribution in [-0.2, 0) is 25.5 Å². The Hall–Kier alpha value is -3.82. The van der Waals surface area contributed by atoms with Gasteiger partial charge < -0.3 is 14.8 Å². The highest BCUT2D eigenvalue weighted by molar-refractivity contribution is 5.94. The summed E-state index contributed by atoms with van der Waals surface area (Å²) in [6, 6.07) is 6.15. The van der Waals surface area contributed by atoms with Gasteiger partial charge in [0.1, 0.15) is 6.33 Å². The van der Waals surface area contributed by atoms with Gasteiger partial charge in [0.2, 0.25) is 0 Å². The highest BCUT2D eigenvalue weighted by Gasteiger charge is 2.16. The summed E-state index contributed by atoms with van der Waals surface area (Å²) in [5.41, 5.74) is 2.88. The minimum atomic E-state index is -0.561. The molecule has 0 aliphatic heterocycles. The average molecular weight is 397 g/mol. The summed E-state index contributed by atoms with van der Waals surface area (Å²) in [6.07, 6.45) is 1.35. The molecule has 2 heterocycles. The van der Waals surface area contributed by atoms with E-state index in [4.69, 9.17) is 4.74 Å². The fourth-order valence-corrected chi connectivity index (χ4v) is 2.76. The number of nitrogens with zero attached hydrogens (tertiary/aromatic N) is 4. The van der Waals surface area contributed by atoms with Crippen LogP contribution in [0, 0.1) is 13.8 Å². The Labute approximate surface area is 165 Å². The number of carbonyl (C=O) groups is 3. The molecule has 0 fully saturated rings. The van der Waals surface area contributed by atoms with Crippen LogP contribution in [-0.4, -0.2) is 51.1 Å². The van der Waals surface area contributed by atoms with Crippen molar-refractivity contribution in [3.05, 3.63) is 53.1 Å². The number of benzene rings is 1. The van der Waals surface area contributed by atoms with Crippen molar-refractivity contribution in [1.29, 1.82) is 0 Å². The molecule has 0 aliphatic rings. The van der Waals surface area contributed by atoms with Gasteiger partial charge in [-0.25, -0.2) is 14.3 Å². The molecular weight excluding hydrogens is 378 g/mol. The molecule has 0 spiro atoms. The Morgan fingerprint density at radius 2 is 1.86 bits per heavy atom. The van der Waals surface area contributed by atoms with E-state index in [1.807, 2.05) is 6.92 Å². The summed E-state index contributed by atoms with van der Waals surface area (Å²) < 4.78 is 11.2. The monoisotopic (exact) mass is 397 g/mol. The molecule has 3 rings (SSSR count). The van der Waals surface area contributed by atoms with Gasteiger partial charge in [-0.05, 0) is 38.1 Å². The smallest absolute Gasteiger partial charge is 0.337 e. The van der Waals surface area contributed by atoms with Crippen molar-refractivity contribution in [3.63, 3.8) is 0 Å². The zero-order chi connectivity index (χ0) is 21.0. The predicted molar refractivity (Wildman–Crippen MR) is 101 cm³/mol. The number of amides is 1. The molecule has 0 unspecified atom stereocenters. The number of ether oxygens (including phenoxy) is 2. The lowest BCUT2D eigenvalue weighted by Crippen LogP contribution is -2.22. The Balaban J connectivity index is 1.55. The van der Waals surface area contributed by atoms with E-state index < -0.39 is 24.5 Å². The topological polar surface area (TPSA) is 125 Å². The van der Waals surface area contributed by atoms with E-state index in [9.17, 15) is 14.4 Å². The number of hydrogen-bond acceptors (Lipinski definition) is 8. The van der Waals surface area contributed by atoms with Crippen LogP contribution in [0.3, 0.4) is 0 Å². The Morgan fingerprint density at radius 1 is 1.14 bits per heavy atom. The van der Waals surface area contributed by atoms with Crippen molar-refractivity contribution >= 4 is 29.3 Å². The maximum Gasteiger partial charge on any atom is 0.337 e. The number of carbonyl (C=O) groups excluding carboxylic acids is 3. The van der Waals surface area contributed by atoms with E-state index in [0.717, 1.165) is 5.69 Å². The third-order valence-electron chi connectivity index (χ3n) is 4.26. The molecule has 2 aromatic heterocycles. The van der Waals surface area contributed by atoms with Gasteiger partial charge in [-0.15, -0.1) is 0 Å². The van der Waals surface area contributed by atoms with Crippen LogP contribution in [0.2, 0.25) is 0 Å². The standard InChI is InChI=1S/C19H19N5O5/c1-11-15(12(2)24-19(22-11)20-10-21-24)8-17(26)29-9-16(25)23-14-6-4-13(5-7-14)18(27)28-3/h4-7,10H,8-9H2,1-3H3,(H,23,25). The molecule has 0 saturated carbocycles. The predicted octanol–water partition coefficient (Wildman–Crippen LogP) is 1.25. The number of methoxy groups -OCH3 is 1. The van der Waals surface area contributed by atoms with Crippen LogP contribution in [0.15, 0.2) is 30.6 Å². The maximum atomic E-state index is 12.2. The first-order chi connectivity index (χ1) is 13.9. The van der Waals surface area contributed by atoms with E-state index in [0.29, 0.717) is 28.3 Å². The molecule has 10 nitrogen and oxygen atoms in total. The summed E-state index contributed by atoms with van der Waals surface area (Å²) in [5.74, 6) is -1.08. The van der Waals surface area contributed by atoms with Gasteiger partial charge in [0.25, 0.3) is 11.7 Å². The first kappa shape index (κ1) is 19.9. The lowest BCUT2D eigenvalue weighted by atomic mass is 10.1. The second kappa shape index (κ2) is 8.46. The van der Waals surface area contributed by atoms with Gasteiger partial charge >= 0.3 is 11.9 Å². The highest BCUT2D eigenvalue weighted by atomic mass is 16.5. The highest BCUT2D eigenvalue weighted by Crippen LogP contribution is 2.14. The zero-order valence-corrected chi connectivity index (χ0v) is 16.1. The zero-order valence-electron chi connectivity index (χ0n) is 16.1. The van der Waals surface area contributed by atoms with Gasteiger partial charge in [-0.3, -0.25) is 9.59 Å². The SMILES string of the molecule is COC(=O)c1ccc(NC(=O)COC(=O)Cc2c(C)nc3ncnn3c2C)cc1. The van der Waals surface area contributed by atoms with Gasteiger partial charge in [0.15, 0.2) is 6.61 Å². The fourth-order valence-electron chi connectivity index (χ4n) is 2.76. The normalized spacial score (nSPS) is 10.6.